The van der Waals surface area contributed by atoms with Crippen LogP contribution in [0.1, 0.15) is 60.9 Å². The number of fused-ring (bicyclic) bond motifs is 1. The molecule has 0 spiro atoms. The third-order valence-corrected chi connectivity index (χ3v) is 5.50. The standard InChI is InChI=1S/C18H26N2O/c1-12-16(18(19)21)7-4-8-17(12)20-15-10-9-13-5-2-3-6-14(13)11-15/h4,7-8,13-15,20H,2-3,5-6,9-11H2,1H3,(H2,19,21). The summed E-state index contributed by atoms with van der Waals surface area (Å²) in [5.74, 6) is 1.53. The minimum Gasteiger partial charge on any atom is -0.382 e. The predicted octanol–water partition coefficient (Wildman–Crippen LogP) is 3.86. The largest absolute Gasteiger partial charge is 0.382 e. The molecule has 2 saturated carbocycles. The van der Waals surface area contributed by atoms with Crippen LogP contribution in [0.5, 0.6) is 0 Å². The van der Waals surface area contributed by atoms with Crippen LogP contribution in [0, 0.1) is 18.8 Å². The lowest BCUT2D eigenvalue weighted by atomic mass is 9.69. The number of anilines is 1. The molecule has 3 unspecified atom stereocenters. The number of primary amides is 1. The molecular formula is C18H26N2O. The molecule has 2 aliphatic rings. The van der Waals surface area contributed by atoms with E-state index in [2.05, 4.69) is 11.4 Å². The number of rotatable bonds is 3. The second kappa shape index (κ2) is 6.08. The molecule has 2 fully saturated rings. The van der Waals surface area contributed by atoms with Crippen LogP contribution in [-0.4, -0.2) is 11.9 Å². The molecule has 1 aromatic rings. The highest BCUT2D eigenvalue weighted by Gasteiger charge is 2.32. The van der Waals surface area contributed by atoms with Crippen molar-refractivity contribution in [1.29, 1.82) is 0 Å². The second-order valence-corrected chi connectivity index (χ2v) is 6.80. The minimum atomic E-state index is -0.341. The van der Waals surface area contributed by atoms with Gasteiger partial charge in [0.1, 0.15) is 0 Å². The zero-order valence-corrected chi connectivity index (χ0v) is 12.9. The summed E-state index contributed by atoms with van der Waals surface area (Å²) in [4.78, 5) is 11.4. The molecule has 0 aromatic heterocycles. The first-order valence-corrected chi connectivity index (χ1v) is 8.31. The molecule has 1 aromatic carbocycles. The maximum absolute atomic E-state index is 11.4. The van der Waals surface area contributed by atoms with Crippen LogP contribution < -0.4 is 11.1 Å². The van der Waals surface area contributed by atoms with Crippen molar-refractivity contribution >= 4 is 11.6 Å². The lowest BCUT2D eigenvalue weighted by Gasteiger charge is -2.40. The Balaban J connectivity index is 1.69. The van der Waals surface area contributed by atoms with Gasteiger partial charge in [0, 0.05) is 17.3 Å². The Morgan fingerprint density at radius 1 is 1.14 bits per heavy atom. The molecule has 0 saturated heterocycles. The molecule has 2 aliphatic carbocycles. The molecular weight excluding hydrogens is 260 g/mol. The molecule has 3 atom stereocenters. The van der Waals surface area contributed by atoms with Gasteiger partial charge in [-0.25, -0.2) is 0 Å². The van der Waals surface area contributed by atoms with E-state index < -0.39 is 0 Å². The highest BCUT2D eigenvalue weighted by molar-refractivity contribution is 5.95. The maximum Gasteiger partial charge on any atom is 0.249 e. The highest BCUT2D eigenvalue weighted by atomic mass is 16.1. The van der Waals surface area contributed by atoms with Gasteiger partial charge in [-0.3, -0.25) is 4.79 Å². The van der Waals surface area contributed by atoms with Crippen molar-refractivity contribution in [3.63, 3.8) is 0 Å². The van der Waals surface area contributed by atoms with Crippen LogP contribution in [0.15, 0.2) is 18.2 Å². The molecule has 0 aliphatic heterocycles. The van der Waals surface area contributed by atoms with Gasteiger partial charge in [-0.1, -0.05) is 31.7 Å². The number of nitrogens with one attached hydrogen (secondary N) is 1. The fourth-order valence-electron chi connectivity index (χ4n) is 4.28. The van der Waals surface area contributed by atoms with E-state index in [1.165, 1.54) is 44.9 Å². The number of nitrogens with two attached hydrogens (primary N) is 1. The van der Waals surface area contributed by atoms with Gasteiger partial charge in [0.2, 0.25) is 5.91 Å². The molecule has 1 amide bonds. The smallest absolute Gasteiger partial charge is 0.249 e. The van der Waals surface area contributed by atoms with Crippen molar-refractivity contribution < 1.29 is 4.79 Å². The summed E-state index contributed by atoms with van der Waals surface area (Å²) >= 11 is 0. The summed E-state index contributed by atoms with van der Waals surface area (Å²) in [7, 11) is 0. The van der Waals surface area contributed by atoms with Gasteiger partial charge < -0.3 is 11.1 Å². The summed E-state index contributed by atoms with van der Waals surface area (Å²) < 4.78 is 0. The van der Waals surface area contributed by atoms with E-state index in [4.69, 9.17) is 5.73 Å². The van der Waals surface area contributed by atoms with Crippen molar-refractivity contribution in [2.45, 2.75) is 57.9 Å². The summed E-state index contributed by atoms with van der Waals surface area (Å²) in [6.45, 7) is 1.98. The Labute approximate surface area is 127 Å². The first-order valence-electron chi connectivity index (χ1n) is 8.31. The summed E-state index contributed by atoms with van der Waals surface area (Å²) in [6.07, 6.45) is 9.57. The Morgan fingerprint density at radius 2 is 1.90 bits per heavy atom. The Morgan fingerprint density at radius 3 is 2.67 bits per heavy atom. The normalized spacial score (nSPS) is 28.7. The first-order chi connectivity index (χ1) is 10.1. The fourth-order valence-corrected chi connectivity index (χ4v) is 4.28. The summed E-state index contributed by atoms with van der Waals surface area (Å²) in [6, 6.07) is 6.34. The highest BCUT2D eigenvalue weighted by Crippen LogP contribution is 2.41. The average molecular weight is 286 g/mol. The number of carbonyl (C=O) groups is 1. The number of hydrogen-bond acceptors (Lipinski definition) is 2. The summed E-state index contributed by atoms with van der Waals surface area (Å²) in [5.41, 5.74) is 8.12. The van der Waals surface area contributed by atoms with Gasteiger partial charge in [-0.15, -0.1) is 0 Å². The van der Waals surface area contributed by atoms with Crippen molar-refractivity contribution in [2.75, 3.05) is 5.32 Å². The number of benzene rings is 1. The predicted molar refractivity (Wildman–Crippen MR) is 86.4 cm³/mol. The first kappa shape index (κ1) is 14.4. The summed E-state index contributed by atoms with van der Waals surface area (Å²) in [5, 5.41) is 3.67. The lowest BCUT2D eigenvalue weighted by Crippen LogP contribution is -2.34. The van der Waals surface area contributed by atoms with Gasteiger partial charge in [0.05, 0.1) is 0 Å². The number of hydrogen-bond donors (Lipinski definition) is 2. The molecule has 0 heterocycles. The minimum absolute atomic E-state index is 0.341. The monoisotopic (exact) mass is 286 g/mol. The quantitative estimate of drug-likeness (QED) is 0.886. The van der Waals surface area contributed by atoms with Gasteiger partial charge in [0.15, 0.2) is 0 Å². The molecule has 21 heavy (non-hydrogen) atoms. The Bertz CT molecular complexity index is 526. The molecule has 3 rings (SSSR count). The van der Waals surface area contributed by atoms with Gasteiger partial charge in [-0.05, 0) is 55.7 Å². The second-order valence-electron chi connectivity index (χ2n) is 6.80. The zero-order valence-electron chi connectivity index (χ0n) is 12.9. The third kappa shape index (κ3) is 3.07. The van der Waals surface area contributed by atoms with E-state index in [9.17, 15) is 4.79 Å². The third-order valence-electron chi connectivity index (χ3n) is 5.50. The van der Waals surface area contributed by atoms with Crippen LogP contribution in [0.2, 0.25) is 0 Å². The van der Waals surface area contributed by atoms with E-state index in [0.29, 0.717) is 11.6 Å². The topological polar surface area (TPSA) is 55.1 Å². The number of amides is 1. The molecule has 3 N–H and O–H groups in total. The lowest BCUT2D eigenvalue weighted by molar-refractivity contribution is 0.0999. The zero-order chi connectivity index (χ0) is 14.8. The van der Waals surface area contributed by atoms with Crippen molar-refractivity contribution in [1.82, 2.24) is 0 Å². The molecule has 3 nitrogen and oxygen atoms in total. The van der Waals surface area contributed by atoms with Gasteiger partial charge in [0.25, 0.3) is 0 Å². The van der Waals surface area contributed by atoms with Gasteiger partial charge in [-0.2, -0.15) is 0 Å². The Hall–Kier alpha value is -1.51. The van der Waals surface area contributed by atoms with Gasteiger partial charge >= 0.3 is 0 Å². The fraction of sp³-hybridized carbons (Fsp3) is 0.611. The number of carbonyl (C=O) groups excluding carboxylic acids is 1. The molecule has 114 valence electrons. The van der Waals surface area contributed by atoms with E-state index in [1.54, 1.807) is 6.07 Å². The van der Waals surface area contributed by atoms with Crippen LogP contribution >= 0.6 is 0 Å². The molecule has 0 radical (unpaired) electrons. The van der Waals surface area contributed by atoms with E-state index >= 15 is 0 Å². The van der Waals surface area contributed by atoms with E-state index in [1.807, 2.05) is 13.0 Å². The van der Waals surface area contributed by atoms with E-state index in [0.717, 1.165) is 23.1 Å². The SMILES string of the molecule is Cc1c(NC2CCC3CCCCC3C2)cccc1C(N)=O. The average Bonchev–Trinajstić information content (AvgIpc) is 2.49. The van der Waals surface area contributed by atoms with Crippen LogP contribution in [-0.2, 0) is 0 Å². The van der Waals surface area contributed by atoms with Crippen molar-refractivity contribution in [2.24, 2.45) is 17.6 Å². The van der Waals surface area contributed by atoms with Crippen LogP contribution in [0.4, 0.5) is 5.69 Å². The molecule has 0 bridgehead atoms. The maximum atomic E-state index is 11.4. The van der Waals surface area contributed by atoms with Crippen molar-refractivity contribution in [3.8, 4) is 0 Å². The van der Waals surface area contributed by atoms with Crippen LogP contribution in [0.3, 0.4) is 0 Å². The van der Waals surface area contributed by atoms with E-state index in [-0.39, 0.29) is 5.91 Å². The molecule has 3 heteroatoms. The van der Waals surface area contributed by atoms with Crippen LogP contribution in [0.25, 0.3) is 0 Å². The van der Waals surface area contributed by atoms with Crippen molar-refractivity contribution in [3.05, 3.63) is 29.3 Å². The Kier molecular flexibility index (Phi) is 4.18.